The molecule has 1 spiro atoms. The van der Waals surface area contributed by atoms with E-state index in [1.807, 2.05) is 0 Å². The Balaban J connectivity index is 1.81. The van der Waals surface area contributed by atoms with Gasteiger partial charge in [0.25, 0.3) is 0 Å². The zero-order valence-corrected chi connectivity index (χ0v) is 17.0. The number of fused-ring (bicyclic) bond motifs is 9. The van der Waals surface area contributed by atoms with Gasteiger partial charge in [-0.25, -0.2) is 4.98 Å². The van der Waals surface area contributed by atoms with Crippen LogP contribution >= 0.6 is 15.9 Å². The standard InChI is InChI=1S/C26H15BrN2/c27-25-28-22-14-7-13-21-24(22)29(25)23-15-6-5-12-20(23)26(21)18-10-3-1-8-16(18)17-9-2-4-11-19(17)26/h1-15H. The lowest BCUT2D eigenvalue weighted by atomic mass is 9.65. The molecule has 4 aromatic carbocycles. The van der Waals surface area contributed by atoms with Crippen LogP contribution in [0.15, 0.2) is 95.7 Å². The topological polar surface area (TPSA) is 17.8 Å². The van der Waals surface area contributed by atoms with Crippen molar-refractivity contribution in [1.82, 2.24) is 9.55 Å². The molecule has 0 fully saturated rings. The molecule has 0 atom stereocenters. The van der Waals surface area contributed by atoms with E-state index in [0.717, 1.165) is 10.3 Å². The quantitative estimate of drug-likeness (QED) is 0.267. The Morgan fingerprint density at radius 3 is 1.93 bits per heavy atom. The summed E-state index contributed by atoms with van der Waals surface area (Å²) >= 11 is 3.72. The predicted octanol–water partition coefficient (Wildman–Crippen LogP) is 6.46. The second kappa shape index (κ2) is 5.25. The number of hydrogen-bond acceptors (Lipinski definition) is 1. The number of aromatic nitrogens is 2. The van der Waals surface area contributed by atoms with E-state index in [9.17, 15) is 0 Å². The summed E-state index contributed by atoms with van der Waals surface area (Å²) in [5.41, 5.74) is 11.0. The number of rotatable bonds is 0. The zero-order chi connectivity index (χ0) is 19.2. The number of benzene rings is 4. The number of halogens is 1. The first kappa shape index (κ1) is 15.7. The Kier molecular flexibility index (Phi) is 2.84. The van der Waals surface area contributed by atoms with E-state index in [-0.39, 0.29) is 5.41 Å². The second-order valence-electron chi connectivity index (χ2n) is 7.75. The highest BCUT2D eigenvalue weighted by atomic mass is 79.9. The number of hydrogen-bond donors (Lipinski definition) is 0. The molecule has 1 aliphatic carbocycles. The van der Waals surface area contributed by atoms with Crippen molar-refractivity contribution in [2.75, 3.05) is 0 Å². The van der Waals surface area contributed by atoms with Gasteiger partial charge in [-0.2, -0.15) is 0 Å². The van der Waals surface area contributed by atoms with Crippen molar-refractivity contribution in [3.8, 4) is 16.8 Å². The summed E-state index contributed by atoms with van der Waals surface area (Å²) in [5, 5.41) is 0. The minimum Gasteiger partial charge on any atom is -0.286 e. The highest BCUT2D eigenvalue weighted by molar-refractivity contribution is 9.10. The van der Waals surface area contributed by atoms with Crippen molar-refractivity contribution in [3.63, 3.8) is 0 Å². The number of nitrogens with zero attached hydrogens (tertiary/aromatic N) is 2. The molecular formula is C26H15BrN2. The maximum absolute atomic E-state index is 4.83. The molecule has 2 nitrogen and oxygen atoms in total. The van der Waals surface area contributed by atoms with E-state index in [4.69, 9.17) is 4.98 Å². The Bertz CT molecular complexity index is 1430. The van der Waals surface area contributed by atoms with Gasteiger partial charge in [-0.05, 0) is 61.4 Å². The lowest BCUT2D eigenvalue weighted by Crippen LogP contribution is -2.33. The van der Waals surface area contributed by atoms with Crippen LogP contribution in [-0.2, 0) is 5.41 Å². The molecule has 2 heterocycles. The van der Waals surface area contributed by atoms with E-state index in [0.29, 0.717) is 0 Å². The predicted molar refractivity (Wildman–Crippen MR) is 120 cm³/mol. The van der Waals surface area contributed by atoms with Crippen LogP contribution in [0.25, 0.3) is 27.8 Å². The van der Waals surface area contributed by atoms with Crippen molar-refractivity contribution < 1.29 is 0 Å². The van der Waals surface area contributed by atoms with Gasteiger partial charge < -0.3 is 0 Å². The van der Waals surface area contributed by atoms with Gasteiger partial charge in [0.2, 0.25) is 0 Å². The first-order valence-electron chi connectivity index (χ1n) is 9.78. The Morgan fingerprint density at radius 1 is 0.621 bits per heavy atom. The van der Waals surface area contributed by atoms with E-state index in [1.165, 1.54) is 44.6 Å². The van der Waals surface area contributed by atoms with Crippen LogP contribution < -0.4 is 0 Å². The molecule has 0 saturated heterocycles. The molecule has 29 heavy (non-hydrogen) atoms. The van der Waals surface area contributed by atoms with Gasteiger partial charge in [-0.1, -0.05) is 78.9 Å². The second-order valence-corrected chi connectivity index (χ2v) is 8.46. The summed E-state index contributed by atoms with van der Waals surface area (Å²) in [4.78, 5) is 4.83. The molecule has 7 rings (SSSR count). The van der Waals surface area contributed by atoms with Crippen LogP contribution in [0, 0.1) is 0 Å². The summed E-state index contributed by atoms with van der Waals surface area (Å²) < 4.78 is 3.11. The fourth-order valence-corrected chi connectivity index (χ4v) is 6.13. The Morgan fingerprint density at radius 2 is 1.21 bits per heavy atom. The maximum Gasteiger partial charge on any atom is 0.182 e. The number of para-hydroxylation sites is 2. The summed E-state index contributed by atoms with van der Waals surface area (Å²) in [6, 6.07) is 33.0. The molecule has 0 amide bonds. The van der Waals surface area contributed by atoms with Gasteiger partial charge in [-0.3, -0.25) is 4.57 Å². The molecule has 0 radical (unpaired) electrons. The summed E-state index contributed by atoms with van der Waals surface area (Å²) in [6.45, 7) is 0. The minimum absolute atomic E-state index is 0.335. The summed E-state index contributed by atoms with van der Waals surface area (Å²) in [5.74, 6) is 0. The third-order valence-corrected chi connectivity index (χ3v) is 7.07. The molecule has 0 N–H and O–H groups in total. The molecule has 1 aliphatic heterocycles. The third kappa shape index (κ3) is 1.68. The first-order valence-corrected chi connectivity index (χ1v) is 10.6. The van der Waals surface area contributed by atoms with Gasteiger partial charge in [-0.15, -0.1) is 0 Å². The fraction of sp³-hybridized carbons (Fsp3) is 0.0385. The van der Waals surface area contributed by atoms with Gasteiger partial charge >= 0.3 is 0 Å². The van der Waals surface area contributed by atoms with E-state index in [1.54, 1.807) is 0 Å². The highest BCUT2D eigenvalue weighted by Crippen LogP contribution is 2.60. The molecule has 1 aromatic heterocycles. The Hall–Kier alpha value is -3.17. The molecular weight excluding hydrogens is 420 g/mol. The molecule has 2 aliphatic rings. The van der Waals surface area contributed by atoms with Crippen molar-refractivity contribution in [2.24, 2.45) is 0 Å². The van der Waals surface area contributed by atoms with Gasteiger partial charge in [0.1, 0.15) is 0 Å². The van der Waals surface area contributed by atoms with Crippen molar-refractivity contribution in [3.05, 3.63) is 118 Å². The summed E-state index contributed by atoms with van der Waals surface area (Å²) in [6.07, 6.45) is 0. The van der Waals surface area contributed by atoms with Crippen molar-refractivity contribution in [1.29, 1.82) is 0 Å². The molecule has 0 bridgehead atoms. The Labute approximate surface area is 176 Å². The fourth-order valence-electron chi connectivity index (χ4n) is 5.57. The smallest absolute Gasteiger partial charge is 0.182 e. The maximum atomic E-state index is 4.83. The monoisotopic (exact) mass is 434 g/mol. The molecule has 5 aromatic rings. The zero-order valence-electron chi connectivity index (χ0n) is 15.4. The van der Waals surface area contributed by atoms with Gasteiger partial charge in [0, 0.05) is 0 Å². The van der Waals surface area contributed by atoms with Crippen LogP contribution in [0.1, 0.15) is 22.3 Å². The largest absolute Gasteiger partial charge is 0.286 e. The molecule has 0 saturated carbocycles. The normalized spacial score (nSPS) is 14.7. The highest BCUT2D eigenvalue weighted by Gasteiger charge is 2.50. The third-order valence-electron chi connectivity index (χ3n) is 6.54. The molecule has 0 unspecified atom stereocenters. The van der Waals surface area contributed by atoms with Crippen molar-refractivity contribution >= 4 is 27.0 Å². The average Bonchev–Trinajstić information content (AvgIpc) is 3.26. The lowest BCUT2D eigenvalue weighted by molar-refractivity contribution is 0.742. The number of imidazole rings is 1. The van der Waals surface area contributed by atoms with Crippen LogP contribution in [0.4, 0.5) is 0 Å². The summed E-state index contributed by atoms with van der Waals surface area (Å²) in [7, 11) is 0. The van der Waals surface area contributed by atoms with Gasteiger partial charge in [0.15, 0.2) is 4.73 Å². The van der Waals surface area contributed by atoms with Gasteiger partial charge in [0.05, 0.1) is 22.1 Å². The lowest BCUT2D eigenvalue weighted by Gasteiger charge is -2.39. The van der Waals surface area contributed by atoms with E-state index >= 15 is 0 Å². The van der Waals surface area contributed by atoms with E-state index in [2.05, 4.69) is 111 Å². The SMILES string of the molecule is Brc1nc2cccc3c2n1-c1ccccc1C31c2ccccc2-c2ccccc21. The average molecular weight is 435 g/mol. The van der Waals surface area contributed by atoms with Crippen LogP contribution in [0.3, 0.4) is 0 Å². The first-order chi connectivity index (χ1) is 14.3. The van der Waals surface area contributed by atoms with Crippen LogP contribution in [0.2, 0.25) is 0 Å². The molecule has 136 valence electrons. The van der Waals surface area contributed by atoms with E-state index < -0.39 is 0 Å². The molecule has 3 heteroatoms. The van der Waals surface area contributed by atoms with Crippen molar-refractivity contribution in [2.45, 2.75) is 5.41 Å². The van der Waals surface area contributed by atoms with Crippen LogP contribution in [0.5, 0.6) is 0 Å². The van der Waals surface area contributed by atoms with Crippen LogP contribution in [-0.4, -0.2) is 9.55 Å². The minimum atomic E-state index is -0.335.